The molecule has 92 valence electrons. The van der Waals surface area contributed by atoms with Gasteiger partial charge < -0.3 is 14.3 Å². The zero-order valence-electron chi connectivity index (χ0n) is 10.1. The summed E-state index contributed by atoms with van der Waals surface area (Å²) in [6.45, 7) is 5.80. The lowest BCUT2D eigenvalue weighted by atomic mass is 10.3. The molecule has 0 aliphatic carbocycles. The largest absolute Gasteiger partial charge is 0.420 e. The third-order valence-electron chi connectivity index (χ3n) is 2.39. The summed E-state index contributed by atoms with van der Waals surface area (Å²) in [5.41, 5.74) is 0.755. The second-order valence-electron chi connectivity index (χ2n) is 3.80. The standard InChI is InChI=1S/C11H16N4O2/c1-3-5-12-6-4-10-14-15-11(16-10)9-7-13-17-8(9)2/h7,12H,3-6H2,1-2H3. The third kappa shape index (κ3) is 2.91. The third-order valence-corrected chi connectivity index (χ3v) is 2.39. The predicted molar refractivity (Wildman–Crippen MR) is 61.4 cm³/mol. The Hall–Kier alpha value is -1.69. The van der Waals surface area contributed by atoms with Gasteiger partial charge in [0.2, 0.25) is 5.89 Å². The molecule has 17 heavy (non-hydrogen) atoms. The van der Waals surface area contributed by atoms with E-state index in [4.69, 9.17) is 8.94 Å². The molecule has 0 bridgehead atoms. The van der Waals surface area contributed by atoms with Crippen LogP contribution < -0.4 is 5.32 Å². The Balaban J connectivity index is 1.95. The van der Waals surface area contributed by atoms with E-state index in [1.54, 1.807) is 6.20 Å². The molecule has 0 radical (unpaired) electrons. The number of rotatable bonds is 6. The molecule has 0 aromatic carbocycles. The molecule has 0 saturated heterocycles. The average molecular weight is 236 g/mol. The highest BCUT2D eigenvalue weighted by atomic mass is 16.5. The van der Waals surface area contributed by atoms with E-state index in [2.05, 4.69) is 27.6 Å². The van der Waals surface area contributed by atoms with E-state index in [9.17, 15) is 0 Å². The van der Waals surface area contributed by atoms with E-state index in [0.29, 0.717) is 17.5 Å². The first kappa shape index (κ1) is 11.8. The minimum absolute atomic E-state index is 0.467. The Bertz CT molecular complexity index is 463. The topological polar surface area (TPSA) is 77.0 Å². The molecule has 0 unspecified atom stereocenters. The van der Waals surface area contributed by atoms with Crippen LogP contribution in [0, 0.1) is 6.92 Å². The highest BCUT2D eigenvalue weighted by Gasteiger charge is 2.13. The number of nitrogens with zero attached hydrogens (tertiary/aromatic N) is 3. The van der Waals surface area contributed by atoms with Crippen LogP contribution in [0.1, 0.15) is 25.0 Å². The van der Waals surface area contributed by atoms with Crippen LogP contribution in [0.25, 0.3) is 11.5 Å². The molecule has 0 saturated carbocycles. The van der Waals surface area contributed by atoms with Crippen LogP contribution in [0.4, 0.5) is 0 Å². The van der Waals surface area contributed by atoms with E-state index < -0.39 is 0 Å². The first-order valence-electron chi connectivity index (χ1n) is 5.76. The molecule has 2 heterocycles. The van der Waals surface area contributed by atoms with Crippen molar-refractivity contribution in [3.8, 4) is 11.5 Å². The molecule has 0 aliphatic rings. The fourth-order valence-electron chi connectivity index (χ4n) is 1.46. The Morgan fingerprint density at radius 1 is 1.29 bits per heavy atom. The van der Waals surface area contributed by atoms with Gasteiger partial charge in [-0.2, -0.15) is 0 Å². The molecule has 0 amide bonds. The minimum atomic E-state index is 0.467. The van der Waals surface area contributed by atoms with Crippen LogP contribution in [-0.2, 0) is 6.42 Å². The number of nitrogens with one attached hydrogen (secondary N) is 1. The van der Waals surface area contributed by atoms with Crippen molar-refractivity contribution in [2.45, 2.75) is 26.7 Å². The molecule has 6 heteroatoms. The Morgan fingerprint density at radius 2 is 2.18 bits per heavy atom. The summed E-state index contributed by atoms with van der Waals surface area (Å²) in [5.74, 6) is 1.78. The molecule has 0 spiro atoms. The molecular weight excluding hydrogens is 220 g/mol. The van der Waals surface area contributed by atoms with Crippen LogP contribution in [0.2, 0.25) is 0 Å². The van der Waals surface area contributed by atoms with Crippen LogP contribution in [0.3, 0.4) is 0 Å². The van der Waals surface area contributed by atoms with Crippen molar-refractivity contribution in [3.63, 3.8) is 0 Å². The molecule has 6 nitrogen and oxygen atoms in total. The van der Waals surface area contributed by atoms with E-state index in [0.717, 1.165) is 31.5 Å². The van der Waals surface area contributed by atoms with Gasteiger partial charge in [0.15, 0.2) is 0 Å². The van der Waals surface area contributed by atoms with Crippen LogP contribution in [0.15, 0.2) is 15.1 Å². The van der Waals surface area contributed by atoms with Crippen molar-refractivity contribution >= 4 is 0 Å². The minimum Gasteiger partial charge on any atom is -0.420 e. The lowest BCUT2D eigenvalue weighted by Gasteiger charge is -1.98. The number of hydrogen-bond acceptors (Lipinski definition) is 6. The Morgan fingerprint density at radius 3 is 2.88 bits per heavy atom. The second kappa shape index (κ2) is 5.58. The Kier molecular flexibility index (Phi) is 3.87. The summed E-state index contributed by atoms with van der Waals surface area (Å²) in [5, 5.41) is 14.9. The molecule has 2 aromatic rings. The van der Waals surface area contributed by atoms with E-state index >= 15 is 0 Å². The van der Waals surface area contributed by atoms with Gasteiger partial charge in [0, 0.05) is 13.0 Å². The summed E-state index contributed by atoms with van der Waals surface area (Å²) < 4.78 is 10.5. The predicted octanol–water partition coefficient (Wildman–Crippen LogP) is 1.58. The monoisotopic (exact) mass is 236 g/mol. The Labute approximate surface area is 99.4 Å². The first-order valence-corrected chi connectivity index (χ1v) is 5.76. The maximum Gasteiger partial charge on any atom is 0.252 e. The van der Waals surface area contributed by atoms with E-state index in [1.807, 2.05) is 6.92 Å². The fraction of sp³-hybridized carbons (Fsp3) is 0.545. The number of aryl methyl sites for hydroxylation is 1. The van der Waals surface area contributed by atoms with Gasteiger partial charge in [-0.05, 0) is 19.9 Å². The van der Waals surface area contributed by atoms with Gasteiger partial charge >= 0.3 is 0 Å². The van der Waals surface area contributed by atoms with E-state index in [-0.39, 0.29) is 0 Å². The van der Waals surface area contributed by atoms with Crippen LogP contribution >= 0.6 is 0 Å². The van der Waals surface area contributed by atoms with Gasteiger partial charge in [-0.1, -0.05) is 12.1 Å². The highest BCUT2D eigenvalue weighted by molar-refractivity contribution is 5.52. The number of hydrogen-bond donors (Lipinski definition) is 1. The molecule has 1 N–H and O–H groups in total. The zero-order valence-corrected chi connectivity index (χ0v) is 10.1. The fourth-order valence-corrected chi connectivity index (χ4v) is 1.46. The van der Waals surface area contributed by atoms with Crippen molar-refractivity contribution < 1.29 is 8.94 Å². The second-order valence-corrected chi connectivity index (χ2v) is 3.80. The smallest absolute Gasteiger partial charge is 0.252 e. The SMILES string of the molecule is CCCNCCc1nnc(-c2cnoc2C)o1. The summed E-state index contributed by atoms with van der Waals surface area (Å²) in [6.07, 6.45) is 3.44. The van der Waals surface area contributed by atoms with Gasteiger partial charge in [0.05, 0.1) is 6.20 Å². The van der Waals surface area contributed by atoms with Crippen LogP contribution in [-0.4, -0.2) is 28.4 Å². The maximum absolute atomic E-state index is 5.53. The average Bonchev–Trinajstić information content (AvgIpc) is 2.93. The summed E-state index contributed by atoms with van der Waals surface area (Å²) in [4.78, 5) is 0. The number of aromatic nitrogens is 3. The van der Waals surface area contributed by atoms with Crippen LogP contribution in [0.5, 0.6) is 0 Å². The normalized spacial score (nSPS) is 10.9. The molecular formula is C11H16N4O2. The zero-order chi connectivity index (χ0) is 12.1. The van der Waals surface area contributed by atoms with Crippen molar-refractivity contribution in [3.05, 3.63) is 17.8 Å². The van der Waals surface area contributed by atoms with E-state index in [1.165, 1.54) is 0 Å². The molecule has 2 rings (SSSR count). The maximum atomic E-state index is 5.53. The lowest BCUT2D eigenvalue weighted by molar-refractivity contribution is 0.397. The van der Waals surface area contributed by atoms with Crippen molar-refractivity contribution in [1.29, 1.82) is 0 Å². The van der Waals surface area contributed by atoms with Gasteiger partial charge in [-0.25, -0.2) is 0 Å². The molecule has 0 fully saturated rings. The molecule has 0 atom stereocenters. The van der Waals surface area contributed by atoms with Gasteiger partial charge in [-0.3, -0.25) is 0 Å². The van der Waals surface area contributed by atoms with Crippen molar-refractivity contribution in [1.82, 2.24) is 20.7 Å². The van der Waals surface area contributed by atoms with Gasteiger partial charge in [0.25, 0.3) is 5.89 Å². The summed E-state index contributed by atoms with van der Waals surface area (Å²) in [7, 11) is 0. The molecule has 2 aromatic heterocycles. The van der Waals surface area contributed by atoms with Gasteiger partial charge in [0.1, 0.15) is 11.3 Å². The highest BCUT2D eigenvalue weighted by Crippen LogP contribution is 2.21. The quantitative estimate of drug-likeness (QED) is 0.767. The lowest BCUT2D eigenvalue weighted by Crippen LogP contribution is -2.17. The summed E-state index contributed by atoms with van der Waals surface area (Å²) >= 11 is 0. The summed E-state index contributed by atoms with van der Waals surface area (Å²) in [6, 6.07) is 0. The van der Waals surface area contributed by atoms with Crippen molar-refractivity contribution in [2.75, 3.05) is 13.1 Å². The molecule has 0 aliphatic heterocycles. The van der Waals surface area contributed by atoms with Gasteiger partial charge in [-0.15, -0.1) is 10.2 Å². The first-order chi connectivity index (χ1) is 8.31. The van der Waals surface area contributed by atoms with Crippen molar-refractivity contribution in [2.24, 2.45) is 0 Å².